The molecular weight excluding hydrogens is 708 g/mol. The van der Waals surface area contributed by atoms with E-state index >= 15 is 0 Å². The van der Waals surface area contributed by atoms with E-state index in [0.717, 1.165) is 63.5 Å². The third kappa shape index (κ3) is 13.9. The van der Waals surface area contributed by atoms with E-state index in [2.05, 4.69) is 51.5 Å². The van der Waals surface area contributed by atoms with Crippen molar-refractivity contribution in [3.63, 3.8) is 0 Å². The van der Waals surface area contributed by atoms with Crippen LogP contribution in [0.5, 0.6) is 0 Å². The molecule has 2 fully saturated rings. The van der Waals surface area contributed by atoms with Crippen molar-refractivity contribution in [3.05, 3.63) is 132 Å². The Kier molecular flexibility index (Phi) is 14.9. The van der Waals surface area contributed by atoms with E-state index in [0.29, 0.717) is 25.7 Å². The molecule has 8 nitrogen and oxygen atoms in total. The first-order chi connectivity index (χ1) is 29.0. The van der Waals surface area contributed by atoms with E-state index in [4.69, 9.17) is 29.3 Å². The zero-order valence-electron chi connectivity index (χ0n) is 38.3. The highest BCUT2D eigenvalue weighted by atomic mass is 35.5. The van der Waals surface area contributed by atoms with Gasteiger partial charge in [0.1, 0.15) is 0 Å². The van der Waals surface area contributed by atoms with Crippen LogP contribution in [0.1, 0.15) is 71.7 Å². The number of benzene rings is 4. The Morgan fingerprint density at radius 2 is 1.11 bits per heavy atom. The summed E-state index contributed by atoms with van der Waals surface area (Å²) in [6, 6.07) is 40.2. The molecule has 296 valence electrons. The first kappa shape index (κ1) is 35.4. The quantitative estimate of drug-likeness (QED) is 0.128. The van der Waals surface area contributed by atoms with Gasteiger partial charge in [0.05, 0.1) is 32.5 Å². The number of amides is 1. The molecule has 0 unspecified atom stereocenters. The lowest BCUT2D eigenvalue weighted by atomic mass is 9.85. The third-order valence-electron chi connectivity index (χ3n) is 10.3. The topological polar surface area (TPSA) is 74.3 Å². The van der Waals surface area contributed by atoms with Crippen molar-refractivity contribution >= 4 is 34.1 Å². The summed E-state index contributed by atoms with van der Waals surface area (Å²) >= 11 is 4.82. The monoisotopic (exact) mass is 774 g/mol. The third-order valence-corrected chi connectivity index (χ3v) is 10.6. The number of para-hydroxylation sites is 2. The molecule has 9 heteroatoms. The van der Waals surface area contributed by atoms with E-state index in [1.807, 2.05) is 91.9 Å². The Labute approximate surface area is 343 Å². The normalized spacial score (nSPS) is 18.5. The predicted octanol–water partition coefficient (Wildman–Crippen LogP) is 9.05. The molecule has 0 radical (unpaired) electrons. The van der Waals surface area contributed by atoms with Gasteiger partial charge in [-0.05, 0) is 72.7 Å². The van der Waals surface area contributed by atoms with Crippen molar-refractivity contribution in [2.75, 3.05) is 63.7 Å². The number of likely N-dealkylation sites (tertiary alicyclic amines) is 2. The summed E-state index contributed by atoms with van der Waals surface area (Å²) in [5, 5.41) is 3.28. The van der Waals surface area contributed by atoms with Gasteiger partial charge in [-0.3, -0.25) is 19.4 Å². The number of piperidine rings is 2. The number of nitrogens with one attached hydrogen (secondary N) is 1. The molecule has 0 aromatic heterocycles. The van der Waals surface area contributed by atoms with Gasteiger partial charge in [0, 0.05) is 77.6 Å². The number of methoxy groups -OCH3 is 2. The summed E-state index contributed by atoms with van der Waals surface area (Å²) in [6.45, 7) is 8.81. The predicted molar refractivity (Wildman–Crippen MR) is 227 cm³/mol. The number of carbonyl (C=O) groups is 2. The molecule has 0 aliphatic carbocycles. The summed E-state index contributed by atoms with van der Waals surface area (Å²) in [5.41, 5.74) is 3.29. The first-order valence-electron chi connectivity index (χ1n) is 22.2. The summed E-state index contributed by atoms with van der Waals surface area (Å²) in [5.74, 6) is -0.0214. The Hall–Kier alpha value is -4.05. The van der Waals surface area contributed by atoms with Crippen molar-refractivity contribution in [2.24, 2.45) is 0 Å². The summed E-state index contributed by atoms with van der Waals surface area (Å²) in [7, 11) is -4.86. The number of anilines is 2. The van der Waals surface area contributed by atoms with Gasteiger partial charge in [-0.15, -0.1) is 0 Å². The summed E-state index contributed by atoms with van der Waals surface area (Å²) in [4.78, 5) is 29.2. The van der Waals surface area contributed by atoms with Crippen LogP contribution in [0.2, 0.25) is 0 Å². The maximum atomic E-state index is 13.0. The van der Waals surface area contributed by atoms with E-state index in [1.54, 1.807) is 11.8 Å². The van der Waals surface area contributed by atoms with Gasteiger partial charge in [0.15, 0.2) is 0 Å². The largest absolute Gasteiger partial charge is 0.382 e. The molecule has 0 spiro atoms. The van der Waals surface area contributed by atoms with E-state index in [-0.39, 0.29) is 29.9 Å². The minimum absolute atomic E-state index is 0.0106. The SMILES string of the molecule is CCC(=O)Cl.[2H]C([2H])([2H])OCC1(N(C(=O)CC)c2ccccc2)CCN(Cc2ccccc2)CC1.[2H]C([2H])([2H])OCC1(Nc2ccccc2)CCN(Cc2ccccc2)CC1. The Morgan fingerprint density at radius 1 is 0.673 bits per heavy atom. The van der Waals surface area contributed by atoms with E-state index in [1.165, 1.54) is 11.1 Å². The maximum Gasteiger partial charge on any atom is 0.227 e. The van der Waals surface area contributed by atoms with Gasteiger partial charge in [0.2, 0.25) is 11.1 Å². The van der Waals surface area contributed by atoms with Gasteiger partial charge in [-0.1, -0.05) is 111 Å². The second-order valence-electron chi connectivity index (χ2n) is 14.2. The lowest BCUT2D eigenvalue weighted by Gasteiger charge is -2.48. The highest BCUT2D eigenvalue weighted by Crippen LogP contribution is 2.35. The number of halogens is 1. The molecular formula is C46H61ClN4O4. The van der Waals surface area contributed by atoms with Crippen molar-refractivity contribution in [1.82, 2.24) is 9.80 Å². The van der Waals surface area contributed by atoms with Crippen molar-refractivity contribution in [3.8, 4) is 0 Å². The number of ether oxygens (including phenoxy) is 2. The standard InChI is InChI=1S/C23H30N2O2.C20H26N2O.C3H5ClO/c1-3-22(26)25(21-12-8-5-9-13-21)23(19-27-2)14-16-24(17-15-23)18-20-10-6-4-7-11-20;1-23-17-20(21-19-10-6-3-7-11-19)12-14-22(15-13-20)16-18-8-4-2-5-9-18;1-2-3(4)5/h4-13H,3,14-19H2,1-2H3;2-11,21H,12-17H2,1H3;2H2,1H3/i2D3;1D3;. The highest BCUT2D eigenvalue weighted by Gasteiger charge is 2.43. The minimum Gasteiger partial charge on any atom is -0.382 e. The zero-order chi connectivity index (χ0) is 44.4. The molecule has 2 aliphatic heterocycles. The average Bonchev–Trinajstić information content (AvgIpc) is 3.25. The highest BCUT2D eigenvalue weighted by molar-refractivity contribution is 6.63. The minimum atomic E-state index is -2.49. The molecule has 0 atom stereocenters. The summed E-state index contributed by atoms with van der Waals surface area (Å²) < 4.78 is 55.2. The molecule has 4 aromatic carbocycles. The molecule has 1 N–H and O–H groups in total. The van der Waals surface area contributed by atoms with Crippen LogP contribution in [-0.2, 0) is 32.2 Å². The number of hydrogen-bond donors (Lipinski definition) is 1. The van der Waals surface area contributed by atoms with Crippen LogP contribution >= 0.6 is 11.6 Å². The summed E-state index contributed by atoms with van der Waals surface area (Å²) in [6.07, 6.45) is 3.75. The number of nitrogens with zero attached hydrogens (tertiary/aromatic N) is 3. The number of rotatable bonds is 14. The van der Waals surface area contributed by atoms with Crippen molar-refractivity contribution < 1.29 is 27.3 Å². The Bertz CT molecular complexity index is 1860. The van der Waals surface area contributed by atoms with Crippen LogP contribution in [0.3, 0.4) is 0 Å². The van der Waals surface area contributed by atoms with E-state index < -0.39 is 19.6 Å². The molecule has 1 amide bonds. The molecule has 0 bridgehead atoms. The molecule has 0 saturated carbocycles. The van der Waals surface area contributed by atoms with Gasteiger partial charge in [-0.2, -0.15) is 0 Å². The second-order valence-corrected chi connectivity index (χ2v) is 14.6. The lowest BCUT2D eigenvalue weighted by molar-refractivity contribution is -0.120. The Balaban J connectivity index is 0.000000244. The van der Waals surface area contributed by atoms with Crippen LogP contribution in [0.15, 0.2) is 121 Å². The molecule has 2 saturated heterocycles. The number of hydrogen-bond acceptors (Lipinski definition) is 7. The van der Waals surface area contributed by atoms with Crippen LogP contribution in [-0.4, -0.2) is 85.5 Å². The number of carbonyl (C=O) groups excluding carboxylic acids is 2. The van der Waals surface area contributed by atoms with Gasteiger partial charge < -0.3 is 19.7 Å². The maximum absolute atomic E-state index is 13.0. The Morgan fingerprint density at radius 3 is 1.56 bits per heavy atom. The second kappa shape index (κ2) is 23.1. The first-order valence-corrected chi connectivity index (χ1v) is 19.6. The van der Waals surface area contributed by atoms with Crippen LogP contribution < -0.4 is 10.2 Å². The van der Waals surface area contributed by atoms with Gasteiger partial charge >= 0.3 is 0 Å². The molecule has 6 rings (SSSR count). The van der Waals surface area contributed by atoms with Crippen LogP contribution in [0.25, 0.3) is 0 Å². The van der Waals surface area contributed by atoms with Crippen LogP contribution in [0.4, 0.5) is 11.4 Å². The van der Waals surface area contributed by atoms with Gasteiger partial charge in [0.25, 0.3) is 0 Å². The lowest BCUT2D eigenvalue weighted by Crippen LogP contribution is -2.60. The van der Waals surface area contributed by atoms with Crippen LogP contribution in [0, 0.1) is 0 Å². The van der Waals surface area contributed by atoms with Crippen molar-refractivity contribution in [2.45, 2.75) is 76.5 Å². The smallest absolute Gasteiger partial charge is 0.227 e. The molecule has 2 heterocycles. The average molecular weight is 776 g/mol. The van der Waals surface area contributed by atoms with Crippen molar-refractivity contribution in [1.29, 1.82) is 0 Å². The fraction of sp³-hybridized carbons (Fsp3) is 0.435. The fourth-order valence-corrected chi connectivity index (χ4v) is 7.21. The molecule has 4 aromatic rings. The van der Waals surface area contributed by atoms with Gasteiger partial charge in [-0.25, -0.2) is 0 Å². The molecule has 2 aliphatic rings. The van der Waals surface area contributed by atoms with E-state index in [9.17, 15) is 9.59 Å². The fourth-order valence-electron chi connectivity index (χ4n) is 7.21. The zero-order valence-corrected chi connectivity index (χ0v) is 33.1. The molecule has 55 heavy (non-hydrogen) atoms.